The van der Waals surface area contributed by atoms with Gasteiger partial charge in [-0.15, -0.1) is 0 Å². The minimum atomic E-state index is -0.820. The van der Waals surface area contributed by atoms with Crippen LogP contribution in [0.25, 0.3) is 0 Å². The smallest absolute Gasteiger partial charge is 0.374 e. The van der Waals surface area contributed by atoms with Gasteiger partial charge in [-0.05, 0) is 37.3 Å². The molecule has 6 heteroatoms. The van der Waals surface area contributed by atoms with Crippen molar-refractivity contribution in [2.45, 2.75) is 45.3 Å². The highest BCUT2D eigenvalue weighted by atomic mass is 16.6. The van der Waals surface area contributed by atoms with E-state index in [0.717, 1.165) is 19.4 Å². The second kappa shape index (κ2) is 7.98. The van der Waals surface area contributed by atoms with E-state index in [9.17, 15) is 9.59 Å². The van der Waals surface area contributed by atoms with Crippen molar-refractivity contribution >= 4 is 11.9 Å². The first-order valence-corrected chi connectivity index (χ1v) is 7.70. The molecule has 1 aliphatic heterocycles. The van der Waals surface area contributed by atoms with Crippen LogP contribution in [0.3, 0.4) is 0 Å². The van der Waals surface area contributed by atoms with E-state index in [0.29, 0.717) is 13.0 Å². The van der Waals surface area contributed by atoms with Gasteiger partial charge in [-0.1, -0.05) is 13.8 Å². The summed E-state index contributed by atoms with van der Waals surface area (Å²) >= 11 is 0. The van der Waals surface area contributed by atoms with Crippen LogP contribution >= 0.6 is 0 Å². The van der Waals surface area contributed by atoms with Gasteiger partial charge in [0.15, 0.2) is 6.10 Å². The molecule has 0 radical (unpaired) electrons. The summed E-state index contributed by atoms with van der Waals surface area (Å²) < 4.78 is 15.8. The molecule has 0 aromatic carbocycles. The number of hydrogen-bond donors (Lipinski definition) is 1. The Morgan fingerprint density at radius 2 is 2.27 bits per heavy atom. The largest absolute Gasteiger partial charge is 0.457 e. The van der Waals surface area contributed by atoms with Gasteiger partial charge in [-0.3, -0.25) is 4.79 Å². The van der Waals surface area contributed by atoms with Crippen LogP contribution in [-0.2, 0) is 14.3 Å². The van der Waals surface area contributed by atoms with E-state index >= 15 is 0 Å². The molecule has 0 aliphatic carbocycles. The summed E-state index contributed by atoms with van der Waals surface area (Å²) in [7, 11) is 0. The summed E-state index contributed by atoms with van der Waals surface area (Å²) in [5, 5.41) is 2.81. The van der Waals surface area contributed by atoms with Crippen molar-refractivity contribution in [1.29, 1.82) is 0 Å². The van der Waals surface area contributed by atoms with Crippen LogP contribution in [0.5, 0.6) is 0 Å². The maximum absolute atomic E-state index is 12.3. The molecule has 2 heterocycles. The standard InChI is InChI=1S/C16H23NO5/c1-11(2)9-14(22-16(19)13-6-4-8-21-13)15(18)17-10-12-5-3-7-20-12/h4,6,8,11-12,14H,3,5,7,9-10H2,1-2H3,(H,17,18)/t12-,14-/m1/s1. The molecule has 1 fully saturated rings. The number of nitrogens with one attached hydrogen (secondary N) is 1. The third-order valence-electron chi connectivity index (χ3n) is 3.48. The number of carbonyl (C=O) groups excluding carboxylic acids is 2. The molecule has 1 aromatic heterocycles. The first kappa shape index (κ1) is 16.5. The van der Waals surface area contributed by atoms with Crippen LogP contribution in [0.1, 0.15) is 43.7 Å². The van der Waals surface area contributed by atoms with E-state index in [4.69, 9.17) is 13.9 Å². The van der Waals surface area contributed by atoms with Crippen LogP contribution in [0.15, 0.2) is 22.8 Å². The third-order valence-corrected chi connectivity index (χ3v) is 3.48. The summed E-state index contributed by atoms with van der Waals surface area (Å²) in [6.45, 7) is 5.14. The molecular weight excluding hydrogens is 286 g/mol. The molecular formula is C16H23NO5. The Morgan fingerprint density at radius 3 is 2.86 bits per heavy atom. The van der Waals surface area contributed by atoms with Crippen LogP contribution in [0.2, 0.25) is 0 Å². The van der Waals surface area contributed by atoms with Gasteiger partial charge < -0.3 is 19.2 Å². The topological polar surface area (TPSA) is 77.8 Å². The number of carbonyl (C=O) groups is 2. The lowest BCUT2D eigenvalue weighted by atomic mass is 10.1. The van der Waals surface area contributed by atoms with Crippen LogP contribution < -0.4 is 5.32 Å². The average molecular weight is 309 g/mol. The zero-order valence-electron chi connectivity index (χ0n) is 13.0. The van der Waals surface area contributed by atoms with Gasteiger partial charge in [0.05, 0.1) is 12.4 Å². The Kier molecular flexibility index (Phi) is 6.00. The average Bonchev–Trinajstić information content (AvgIpc) is 3.16. The molecule has 0 saturated carbocycles. The van der Waals surface area contributed by atoms with Gasteiger partial charge in [-0.2, -0.15) is 0 Å². The number of amides is 1. The van der Waals surface area contributed by atoms with E-state index in [-0.39, 0.29) is 23.7 Å². The molecule has 1 aromatic rings. The van der Waals surface area contributed by atoms with Crippen molar-refractivity contribution in [3.63, 3.8) is 0 Å². The second-order valence-electron chi connectivity index (χ2n) is 5.88. The normalized spacial score (nSPS) is 19.1. The zero-order valence-corrected chi connectivity index (χ0v) is 13.0. The van der Waals surface area contributed by atoms with Gasteiger partial charge >= 0.3 is 5.97 Å². The molecule has 22 heavy (non-hydrogen) atoms. The summed E-state index contributed by atoms with van der Waals surface area (Å²) in [4.78, 5) is 24.2. The maximum atomic E-state index is 12.3. The molecule has 1 saturated heterocycles. The van der Waals surface area contributed by atoms with Gasteiger partial charge in [-0.25, -0.2) is 4.79 Å². The fourth-order valence-corrected chi connectivity index (χ4v) is 2.35. The van der Waals surface area contributed by atoms with Crippen LogP contribution in [0, 0.1) is 5.92 Å². The van der Waals surface area contributed by atoms with Gasteiger partial charge in [0.1, 0.15) is 0 Å². The third kappa shape index (κ3) is 4.87. The monoisotopic (exact) mass is 309 g/mol. The Balaban J connectivity index is 1.89. The van der Waals surface area contributed by atoms with E-state index in [2.05, 4.69) is 5.32 Å². The molecule has 6 nitrogen and oxygen atoms in total. The van der Waals surface area contributed by atoms with Gasteiger partial charge in [0.2, 0.25) is 5.76 Å². The number of rotatable bonds is 7. The lowest BCUT2D eigenvalue weighted by Crippen LogP contribution is -2.41. The number of furan rings is 1. The van der Waals surface area contributed by atoms with Crippen molar-refractivity contribution in [2.75, 3.05) is 13.2 Å². The summed E-state index contributed by atoms with van der Waals surface area (Å²) in [5.41, 5.74) is 0. The Labute approximate surface area is 130 Å². The fourth-order valence-electron chi connectivity index (χ4n) is 2.35. The first-order valence-electron chi connectivity index (χ1n) is 7.70. The van der Waals surface area contributed by atoms with E-state index in [1.54, 1.807) is 6.07 Å². The predicted octanol–water partition coefficient (Wildman–Crippen LogP) is 2.15. The number of ether oxygens (including phenoxy) is 2. The fraction of sp³-hybridized carbons (Fsp3) is 0.625. The highest BCUT2D eigenvalue weighted by molar-refractivity contribution is 5.90. The molecule has 1 N–H and O–H groups in total. The molecule has 0 spiro atoms. The predicted molar refractivity (Wildman–Crippen MR) is 79.4 cm³/mol. The lowest BCUT2D eigenvalue weighted by Gasteiger charge is -2.20. The number of hydrogen-bond acceptors (Lipinski definition) is 5. The highest BCUT2D eigenvalue weighted by Gasteiger charge is 2.26. The van der Waals surface area contributed by atoms with E-state index in [1.807, 2.05) is 13.8 Å². The summed E-state index contributed by atoms with van der Waals surface area (Å²) in [6.07, 6.45) is 3.06. The van der Waals surface area contributed by atoms with Crippen molar-refractivity contribution in [2.24, 2.45) is 5.92 Å². The van der Waals surface area contributed by atoms with Crippen molar-refractivity contribution < 1.29 is 23.5 Å². The van der Waals surface area contributed by atoms with E-state index < -0.39 is 12.1 Å². The minimum Gasteiger partial charge on any atom is -0.457 e. The van der Waals surface area contributed by atoms with Gasteiger partial charge in [0.25, 0.3) is 5.91 Å². The van der Waals surface area contributed by atoms with Crippen LogP contribution in [-0.4, -0.2) is 37.2 Å². The molecule has 2 rings (SSSR count). The second-order valence-corrected chi connectivity index (χ2v) is 5.88. The van der Waals surface area contributed by atoms with Crippen molar-refractivity contribution in [3.05, 3.63) is 24.2 Å². The molecule has 1 aliphatic rings. The SMILES string of the molecule is CC(C)C[C@@H](OC(=O)c1ccco1)C(=O)NC[C@H]1CCCO1. The van der Waals surface area contributed by atoms with Crippen molar-refractivity contribution in [3.8, 4) is 0 Å². The Bertz CT molecular complexity index is 477. The highest BCUT2D eigenvalue weighted by Crippen LogP contribution is 2.14. The number of esters is 1. The van der Waals surface area contributed by atoms with E-state index in [1.165, 1.54) is 12.3 Å². The molecule has 2 atom stereocenters. The van der Waals surface area contributed by atoms with Crippen molar-refractivity contribution in [1.82, 2.24) is 5.32 Å². The minimum absolute atomic E-state index is 0.0597. The lowest BCUT2D eigenvalue weighted by molar-refractivity contribution is -0.131. The van der Waals surface area contributed by atoms with Gasteiger partial charge in [0, 0.05) is 13.2 Å². The molecule has 0 unspecified atom stereocenters. The summed E-state index contributed by atoms with van der Waals surface area (Å²) in [5.74, 6) is -0.587. The Hall–Kier alpha value is -1.82. The molecule has 0 bridgehead atoms. The Morgan fingerprint density at radius 1 is 1.45 bits per heavy atom. The maximum Gasteiger partial charge on any atom is 0.374 e. The zero-order chi connectivity index (χ0) is 15.9. The first-order chi connectivity index (χ1) is 10.6. The molecule has 122 valence electrons. The van der Waals surface area contributed by atoms with Crippen LogP contribution in [0.4, 0.5) is 0 Å². The quantitative estimate of drug-likeness (QED) is 0.781. The molecule has 1 amide bonds. The summed E-state index contributed by atoms with van der Waals surface area (Å²) in [6, 6.07) is 3.12.